The maximum absolute atomic E-state index is 12.0. The lowest BCUT2D eigenvalue weighted by Gasteiger charge is -2.35. The number of hydrogen-bond donors (Lipinski definition) is 0. The average Bonchev–Trinajstić information content (AvgIpc) is 2.51. The summed E-state index contributed by atoms with van der Waals surface area (Å²) in [6.07, 6.45) is 2.18. The molecule has 0 aromatic carbocycles. The molecular formula is C11H18O4S. The van der Waals surface area contributed by atoms with Crippen molar-refractivity contribution in [3.63, 3.8) is 0 Å². The summed E-state index contributed by atoms with van der Waals surface area (Å²) >= 11 is 0. The van der Waals surface area contributed by atoms with E-state index in [1.54, 1.807) is 0 Å². The predicted octanol–water partition coefficient (Wildman–Crippen LogP) is 1.36. The molecule has 5 heteroatoms. The Bertz CT molecular complexity index is 423. The van der Waals surface area contributed by atoms with Gasteiger partial charge >= 0.3 is 0 Å². The summed E-state index contributed by atoms with van der Waals surface area (Å²) in [5.74, 6) is 0.292. The molecule has 16 heavy (non-hydrogen) atoms. The maximum Gasteiger partial charge on any atom is 0.268 e. The summed E-state index contributed by atoms with van der Waals surface area (Å²) < 4.78 is 27.7. The highest BCUT2D eigenvalue weighted by Crippen LogP contribution is 2.64. The molecule has 0 aromatic heterocycles. The fourth-order valence-electron chi connectivity index (χ4n) is 3.47. The summed E-state index contributed by atoms with van der Waals surface area (Å²) in [6.45, 7) is 4.03. The van der Waals surface area contributed by atoms with Crippen LogP contribution in [0.1, 0.15) is 33.1 Å². The first-order valence-corrected chi connectivity index (χ1v) is 7.14. The highest BCUT2D eigenvalue weighted by atomic mass is 32.2. The first-order chi connectivity index (χ1) is 7.25. The van der Waals surface area contributed by atoms with Gasteiger partial charge in [-0.15, -0.1) is 0 Å². The molecule has 4 nitrogen and oxygen atoms in total. The van der Waals surface area contributed by atoms with Gasteiger partial charge in [-0.2, -0.15) is 8.42 Å². The van der Waals surface area contributed by atoms with E-state index in [1.807, 2.05) is 13.8 Å². The van der Waals surface area contributed by atoms with E-state index < -0.39 is 15.5 Å². The van der Waals surface area contributed by atoms with Crippen molar-refractivity contribution in [2.75, 3.05) is 12.9 Å². The maximum atomic E-state index is 12.0. The van der Waals surface area contributed by atoms with E-state index in [4.69, 9.17) is 0 Å². The molecule has 2 rings (SSSR count). The van der Waals surface area contributed by atoms with Gasteiger partial charge in [0, 0.05) is 6.42 Å². The van der Waals surface area contributed by atoms with Crippen molar-refractivity contribution in [2.24, 2.45) is 16.7 Å². The molecule has 0 aromatic rings. The number of rotatable bonds is 3. The Morgan fingerprint density at radius 1 is 1.44 bits per heavy atom. The molecule has 0 spiro atoms. The van der Waals surface area contributed by atoms with Gasteiger partial charge in [0.1, 0.15) is 5.78 Å². The molecule has 2 atom stereocenters. The van der Waals surface area contributed by atoms with E-state index in [2.05, 4.69) is 4.18 Å². The quantitative estimate of drug-likeness (QED) is 0.705. The molecule has 0 radical (unpaired) electrons. The zero-order valence-electron chi connectivity index (χ0n) is 9.95. The summed E-state index contributed by atoms with van der Waals surface area (Å²) in [4.78, 5) is 12.0. The van der Waals surface area contributed by atoms with Crippen LogP contribution >= 0.6 is 0 Å². The third-order valence-electron chi connectivity index (χ3n) is 4.82. The third-order valence-corrected chi connectivity index (χ3v) is 6.17. The number of ketones is 1. The van der Waals surface area contributed by atoms with E-state index in [0.717, 1.165) is 13.5 Å². The second kappa shape index (κ2) is 3.29. The van der Waals surface area contributed by atoms with E-state index in [9.17, 15) is 13.2 Å². The molecule has 0 saturated heterocycles. The minimum atomic E-state index is -3.57. The van der Waals surface area contributed by atoms with Gasteiger partial charge < -0.3 is 0 Å². The highest BCUT2D eigenvalue weighted by molar-refractivity contribution is 7.86. The zero-order valence-corrected chi connectivity index (χ0v) is 10.8. The first kappa shape index (κ1) is 12.0. The van der Waals surface area contributed by atoms with Gasteiger partial charge in [0.05, 0.1) is 18.3 Å². The van der Waals surface area contributed by atoms with Crippen LogP contribution in [0.25, 0.3) is 0 Å². The molecule has 2 bridgehead atoms. The predicted molar refractivity (Wildman–Crippen MR) is 59.4 cm³/mol. The molecule has 0 amide bonds. The van der Waals surface area contributed by atoms with Gasteiger partial charge in [-0.25, -0.2) is 0 Å². The number of carbonyl (C=O) groups excluding carboxylic acids is 1. The number of fused-ring (bicyclic) bond motifs is 2. The van der Waals surface area contributed by atoms with Crippen molar-refractivity contribution in [3.8, 4) is 0 Å². The van der Waals surface area contributed by atoms with Crippen LogP contribution in [-0.4, -0.2) is 27.1 Å². The van der Waals surface area contributed by atoms with Crippen LogP contribution < -0.4 is 0 Å². The second-order valence-corrected chi connectivity index (χ2v) is 7.27. The number of carbonyl (C=O) groups is 1. The topological polar surface area (TPSA) is 60.4 Å². The normalized spacial score (nSPS) is 36.9. The standard InChI is InChI=1S/C11H18O4S/c1-10(2)8-4-5-11(10,9(12)6-8)7-16(13,14)15-3/h8H,4-7H2,1-3H3/t8-,11-/m0/s1. The Balaban J connectivity index is 2.40. The largest absolute Gasteiger partial charge is 0.299 e. The van der Waals surface area contributed by atoms with Crippen molar-refractivity contribution < 1.29 is 17.4 Å². The lowest BCUT2D eigenvalue weighted by Crippen LogP contribution is -2.42. The van der Waals surface area contributed by atoms with Crippen molar-refractivity contribution in [2.45, 2.75) is 33.1 Å². The minimum absolute atomic E-state index is 0.106. The zero-order chi connectivity index (χ0) is 12.2. The SMILES string of the molecule is COS(=O)(=O)C[C@@]12CC[C@@H](CC1=O)C2(C)C. The van der Waals surface area contributed by atoms with Gasteiger partial charge in [0.15, 0.2) is 0 Å². The average molecular weight is 246 g/mol. The van der Waals surface area contributed by atoms with Crippen LogP contribution in [0.4, 0.5) is 0 Å². The lowest BCUT2D eigenvalue weighted by molar-refractivity contribution is -0.128. The summed E-state index contributed by atoms with van der Waals surface area (Å²) in [7, 11) is -2.41. The Kier molecular flexibility index (Phi) is 2.48. The van der Waals surface area contributed by atoms with Crippen molar-refractivity contribution >= 4 is 15.9 Å². The Morgan fingerprint density at radius 2 is 2.06 bits per heavy atom. The molecule has 2 aliphatic carbocycles. The van der Waals surface area contributed by atoms with Gasteiger partial charge in [-0.1, -0.05) is 13.8 Å². The molecular weight excluding hydrogens is 228 g/mol. The second-order valence-electron chi connectivity index (χ2n) is 5.54. The molecule has 0 N–H and O–H groups in total. The van der Waals surface area contributed by atoms with E-state index in [1.165, 1.54) is 0 Å². The first-order valence-electron chi connectivity index (χ1n) is 5.57. The lowest BCUT2D eigenvalue weighted by atomic mass is 9.70. The molecule has 2 saturated carbocycles. The Labute approximate surface area is 96.5 Å². The molecule has 0 heterocycles. The Hall–Kier alpha value is -0.420. The summed E-state index contributed by atoms with van der Waals surface area (Å²) in [6, 6.07) is 0. The van der Waals surface area contributed by atoms with Crippen LogP contribution in [0.2, 0.25) is 0 Å². The fraction of sp³-hybridized carbons (Fsp3) is 0.909. The van der Waals surface area contributed by atoms with Gasteiger partial charge in [0.25, 0.3) is 10.1 Å². The van der Waals surface area contributed by atoms with Crippen molar-refractivity contribution in [1.82, 2.24) is 0 Å². The fourth-order valence-corrected chi connectivity index (χ4v) is 4.87. The van der Waals surface area contributed by atoms with Crippen LogP contribution in [0.3, 0.4) is 0 Å². The van der Waals surface area contributed by atoms with E-state index >= 15 is 0 Å². The van der Waals surface area contributed by atoms with Gasteiger partial charge in [0.2, 0.25) is 0 Å². The smallest absolute Gasteiger partial charge is 0.268 e. The number of Topliss-reactive ketones (excluding diaryl/α,β-unsaturated/α-hetero) is 1. The van der Waals surface area contributed by atoms with Crippen LogP contribution in [0.15, 0.2) is 0 Å². The van der Waals surface area contributed by atoms with E-state index in [0.29, 0.717) is 18.8 Å². The minimum Gasteiger partial charge on any atom is -0.299 e. The molecule has 2 aliphatic rings. The summed E-state index contributed by atoms with van der Waals surface area (Å²) in [5, 5.41) is 0. The molecule has 2 fully saturated rings. The van der Waals surface area contributed by atoms with Crippen LogP contribution in [0, 0.1) is 16.7 Å². The van der Waals surface area contributed by atoms with Gasteiger partial charge in [-0.3, -0.25) is 8.98 Å². The van der Waals surface area contributed by atoms with Crippen LogP contribution in [0.5, 0.6) is 0 Å². The van der Waals surface area contributed by atoms with Crippen molar-refractivity contribution in [3.05, 3.63) is 0 Å². The number of hydrogen-bond acceptors (Lipinski definition) is 4. The van der Waals surface area contributed by atoms with Crippen molar-refractivity contribution in [1.29, 1.82) is 0 Å². The monoisotopic (exact) mass is 246 g/mol. The Morgan fingerprint density at radius 3 is 2.44 bits per heavy atom. The van der Waals surface area contributed by atoms with E-state index in [-0.39, 0.29) is 17.0 Å². The molecule has 0 unspecified atom stereocenters. The highest BCUT2D eigenvalue weighted by Gasteiger charge is 2.65. The summed E-state index contributed by atoms with van der Waals surface area (Å²) in [5.41, 5.74) is -0.914. The van der Waals surface area contributed by atoms with Gasteiger partial charge in [-0.05, 0) is 24.2 Å². The third kappa shape index (κ3) is 1.37. The molecule has 0 aliphatic heterocycles. The molecule has 92 valence electrons. The van der Waals surface area contributed by atoms with Crippen LogP contribution in [-0.2, 0) is 19.1 Å².